The minimum absolute atomic E-state index is 0.111. The number of hydrogen-bond acceptors (Lipinski definition) is 4. The lowest BCUT2D eigenvalue weighted by Gasteiger charge is -2.04. The summed E-state index contributed by atoms with van der Waals surface area (Å²) < 4.78 is 10.3. The molecule has 0 bridgehead atoms. The molecule has 5 heteroatoms. The molecule has 4 nitrogen and oxygen atoms in total. The molecule has 2 rings (SSSR count). The van der Waals surface area contributed by atoms with Crippen LogP contribution < -0.4 is 4.74 Å². The third-order valence-electron chi connectivity index (χ3n) is 1.76. The highest BCUT2D eigenvalue weighted by molar-refractivity contribution is 9.10. The van der Waals surface area contributed by atoms with Gasteiger partial charge in [0.15, 0.2) is 11.5 Å². The summed E-state index contributed by atoms with van der Waals surface area (Å²) in [7, 11) is 0. The van der Waals surface area contributed by atoms with E-state index in [-0.39, 0.29) is 12.4 Å². The molecule has 0 radical (unpaired) electrons. The number of hydrogen-bond donors (Lipinski definition) is 1. The molecule has 0 atom stereocenters. The lowest BCUT2D eigenvalue weighted by Crippen LogP contribution is -1.95. The standard InChI is InChI=1S/C10H8BrNO3/c11-10-12-7(6-15-10)5-14-9-4-2-1-3-8(9)13/h1-4,6,13H,5H2. The lowest BCUT2D eigenvalue weighted by molar-refractivity contribution is 0.284. The molecule has 78 valence electrons. The smallest absolute Gasteiger partial charge is 0.264 e. The number of rotatable bonds is 3. The zero-order valence-corrected chi connectivity index (χ0v) is 9.27. The summed E-state index contributed by atoms with van der Waals surface area (Å²) in [6.45, 7) is 0.257. The molecule has 0 aliphatic heterocycles. The molecule has 0 fully saturated rings. The molecular formula is C10H8BrNO3. The van der Waals surface area contributed by atoms with Crippen LogP contribution >= 0.6 is 15.9 Å². The Hall–Kier alpha value is -1.49. The second-order valence-corrected chi connectivity index (χ2v) is 3.53. The van der Waals surface area contributed by atoms with Crippen LogP contribution in [0.5, 0.6) is 11.5 Å². The molecule has 0 saturated heterocycles. The van der Waals surface area contributed by atoms with Gasteiger partial charge < -0.3 is 14.3 Å². The summed E-state index contributed by atoms with van der Waals surface area (Å²) in [6, 6.07) is 6.77. The molecule has 1 N–H and O–H groups in total. The van der Waals surface area contributed by atoms with E-state index >= 15 is 0 Å². The third-order valence-corrected chi connectivity index (χ3v) is 2.13. The Morgan fingerprint density at radius 3 is 2.87 bits per heavy atom. The third kappa shape index (κ3) is 2.50. The van der Waals surface area contributed by atoms with Crippen LogP contribution in [0, 0.1) is 0 Å². The SMILES string of the molecule is Oc1ccccc1OCc1coc(Br)n1. The van der Waals surface area contributed by atoms with E-state index in [9.17, 15) is 5.11 Å². The molecule has 0 unspecified atom stereocenters. The maximum absolute atomic E-state index is 9.42. The van der Waals surface area contributed by atoms with Crippen molar-refractivity contribution in [3.05, 3.63) is 41.0 Å². The predicted octanol–water partition coefficient (Wildman–Crippen LogP) is 2.72. The minimum Gasteiger partial charge on any atom is -0.504 e. The summed E-state index contributed by atoms with van der Waals surface area (Å²) in [5.41, 5.74) is 0.658. The van der Waals surface area contributed by atoms with Crippen LogP contribution in [-0.4, -0.2) is 10.1 Å². The van der Waals surface area contributed by atoms with Crippen LogP contribution in [0.4, 0.5) is 0 Å². The van der Waals surface area contributed by atoms with Crippen LogP contribution in [-0.2, 0) is 6.61 Å². The van der Waals surface area contributed by atoms with Gasteiger partial charge in [0, 0.05) is 15.9 Å². The van der Waals surface area contributed by atoms with E-state index in [0.717, 1.165) is 0 Å². The summed E-state index contributed by atoms with van der Waals surface area (Å²) >= 11 is 3.09. The molecule has 15 heavy (non-hydrogen) atoms. The zero-order chi connectivity index (χ0) is 10.7. The van der Waals surface area contributed by atoms with E-state index in [1.807, 2.05) is 0 Å². The van der Waals surface area contributed by atoms with Crippen molar-refractivity contribution in [1.29, 1.82) is 0 Å². The Morgan fingerprint density at radius 1 is 1.40 bits per heavy atom. The van der Waals surface area contributed by atoms with Crippen LogP contribution in [0.15, 0.2) is 39.7 Å². The highest BCUT2D eigenvalue weighted by Gasteiger charge is 2.04. The Morgan fingerprint density at radius 2 is 2.20 bits per heavy atom. The number of aromatic nitrogens is 1. The molecule has 1 aromatic heterocycles. The van der Waals surface area contributed by atoms with Gasteiger partial charge >= 0.3 is 0 Å². The summed E-state index contributed by atoms with van der Waals surface area (Å²) in [5, 5.41) is 9.42. The number of halogens is 1. The van der Waals surface area contributed by atoms with Gasteiger partial charge in [-0.15, -0.1) is 0 Å². The van der Waals surface area contributed by atoms with Gasteiger partial charge in [0.1, 0.15) is 18.6 Å². The summed E-state index contributed by atoms with van der Waals surface area (Å²) in [6.07, 6.45) is 1.49. The predicted molar refractivity (Wildman–Crippen MR) is 56.6 cm³/mol. The van der Waals surface area contributed by atoms with Crippen molar-refractivity contribution in [3.63, 3.8) is 0 Å². The van der Waals surface area contributed by atoms with Gasteiger partial charge in [0.05, 0.1) is 0 Å². The fourth-order valence-electron chi connectivity index (χ4n) is 1.08. The van der Waals surface area contributed by atoms with Crippen molar-refractivity contribution in [2.24, 2.45) is 0 Å². The fraction of sp³-hybridized carbons (Fsp3) is 0.100. The zero-order valence-electron chi connectivity index (χ0n) is 7.68. The first-order valence-electron chi connectivity index (χ1n) is 4.26. The van der Waals surface area contributed by atoms with Gasteiger partial charge in [0.25, 0.3) is 4.80 Å². The number of ether oxygens (including phenoxy) is 1. The Labute approximate surface area is 94.6 Å². The van der Waals surface area contributed by atoms with Crippen molar-refractivity contribution in [2.75, 3.05) is 0 Å². The summed E-state index contributed by atoms with van der Waals surface area (Å²) in [5.74, 6) is 0.539. The van der Waals surface area contributed by atoms with Gasteiger partial charge in [-0.05, 0) is 12.1 Å². The molecule has 1 heterocycles. The van der Waals surface area contributed by atoms with Crippen molar-refractivity contribution in [2.45, 2.75) is 6.61 Å². The number of phenolic OH excluding ortho intramolecular Hbond substituents is 1. The molecule has 0 saturated carbocycles. The van der Waals surface area contributed by atoms with Gasteiger partial charge in [-0.25, -0.2) is 4.98 Å². The van der Waals surface area contributed by atoms with E-state index in [1.54, 1.807) is 24.3 Å². The van der Waals surface area contributed by atoms with Crippen LogP contribution in [0.25, 0.3) is 0 Å². The van der Waals surface area contributed by atoms with Crippen LogP contribution in [0.1, 0.15) is 5.69 Å². The van der Waals surface area contributed by atoms with E-state index in [4.69, 9.17) is 9.15 Å². The topological polar surface area (TPSA) is 55.5 Å². The van der Waals surface area contributed by atoms with E-state index < -0.39 is 0 Å². The molecule has 0 spiro atoms. The van der Waals surface area contributed by atoms with Crippen LogP contribution in [0.3, 0.4) is 0 Å². The molecular weight excluding hydrogens is 262 g/mol. The average Bonchev–Trinajstić information content (AvgIpc) is 2.63. The van der Waals surface area contributed by atoms with Crippen molar-refractivity contribution < 1.29 is 14.3 Å². The van der Waals surface area contributed by atoms with E-state index in [0.29, 0.717) is 16.2 Å². The van der Waals surface area contributed by atoms with Gasteiger partial charge in [-0.2, -0.15) is 0 Å². The van der Waals surface area contributed by atoms with Crippen molar-refractivity contribution in [1.82, 2.24) is 4.98 Å². The first-order chi connectivity index (χ1) is 7.25. The maximum Gasteiger partial charge on any atom is 0.264 e. The quantitative estimate of drug-likeness (QED) is 0.931. The molecule has 0 aliphatic rings. The molecule has 2 aromatic rings. The Balaban J connectivity index is 2.02. The number of para-hydroxylation sites is 2. The molecule has 1 aromatic carbocycles. The Kier molecular flexibility index (Phi) is 2.91. The van der Waals surface area contributed by atoms with Crippen molar-refractivity contribution >= 4 is 15.9 Å². The van der Waals surface area contributed by atoms with Gasteiger partial charge in [-0.3, -0.25) is 0 Å². The first kappa shape index (κ1) is 10.0. The summed E-state index contributed by atoms with van der Waals surface area (Å²) in [4.78, 5) is 4.41. The van der Waals surface area contributed by atoms with E-state index in [2.05, 4.69) is 20.9 Å². The Bertz CT molecular complexity index is 455. The average molecular weight is 270 g/mol. The van der Waals surface area contributed by atoms with Crippen LogP contribution in [0.2, 0.25) is 0 Å². The highest BCUT2D eigenvalue weighted by atomic mass is 79.9. The number of benzene rings is 1. The second-order valence-electron chi connectivity index (χ2n) is 2.85. The van der Waals surface area contributed by atoms with Crippen molar-refractivity contribution in [3.8, 4) is 11.5 Å². The number of phenols is 1. The largest absolute Gasteiger partial charge is 0.504 e. The highest BCUT2D eigenvalue weighted by Crippen LogP contribution is 2.25. The first-order valence-corrected chi connectivity index (χ1v) is 5.06. The normalized spacial score (nSPS) is 10.2. The minimum atomic E-state index is 0.111. The maximum atomic E-state index is 9.42. The molecule has 0 aliphatic carbocycles. The number of aromatic hydroxyl groups is 1. The number of oxazole rings is 1. The van der Waals surface area contributed by atoms with Gasteiger partial charge in [0.2, 0.25) is 0 Å². The monoisotopic (exact) mass is 269 g/mol. The molecule has 0 amide bonds. The second kappa shape index (κ2) is 4.35. The van der Waals surface area contributed by atoms with Gasteiger partial charge in [-0.1, -0.05) is 12.1 Å². The van der Waals surface area contributed by atoms with E-state index in [1.165, 1.54) is 6.26 Å². The lowest BCUT2D eigenvalue weighted by atomic mass is 10.3. The fourth-order valence-corrected chi connectivity index (χ4v) is 1.40. The number of nitrogens with zero attached hydrogens (tertiary/aromatic N) is 1.